The molecule has 0 amide bonds. The number of benzene rings is 2. The summed E-state index contributed by atoms with van der Waals surface area (Å²) in [6.45, 7) is 2.54. The molecule has 1 aromatic heterocycles. The predicted molar refractivity (Wildman–Crippen MR) is 98.2 cm³/mol. The summed E-state index contributed by atoms with van der Waals surface area (Å²) >= 11 is 6.16. The van der Waals surface area contributed by atoms with Crippen molar-refractivity contribution < 1.29 is 0 Å². The number of halogens is 1. The van der Waals surface area contributed by atoms with E-state index in [1.54, 1.807) is 17.0 Å². The van der Waals surface area contributed by atoms with Crippen LogP contribution in [0.4, 0.5) is 5.82 Å². The van der Waals surface area contributed by atoms with Crippen molar-refractivity contribution >= 4 is 17.4 Å². The number of hydrogen-bond acceptors (Lipinski definition) is 3. The van der Waals surface area contributed by atoms with Gasteiger partial charge < -0.3 is 5.32 Å². The van der Waals surface area contributed by atoms with Gasteiger partial charge in [-0.15, -0.1) is 0 Å². The summed E-state index contributed by atoms with van der Waals surface area (Å²) in [6, 6.07) is 15.6. The minimum atomic E-state index is -0.184. The summed E-state index contributed by atoms with van der Waals surface area (Å²) in [5.74, 6) is 0.341. The van der Waals surface area contributed by atoms with Gasteiger partial charge in [0.2, 0.25) is 0 Å². The van der Waals surface area contributed by atoms with Crippen molar-refractivity contribution in [2.75, 3.05) is 11.9 Å². The average Bonchev–Trinajstić information content (AvgIpc) is 2.60. The van der Waals surface area contributed by atoms with Crippen molar-refractivity contribution in [2.24, 2.45) is 0 Å². The Kier molecular flexibility index (Phi) is 4.96. The van der Waals surface area contributed by atoms with Crippen molar-refractivity contribution in [2.45, 2.75) is 13.3 Å². The van der Waals surface area contributed by atoms with Crippen LogP contribution < -0.4 is 10.9 Å². The highest BCUT2D eigenvalue weighted by atomic mass is 35.5. The number of rotatable bonds is 5. The lowest BCUT2D eigenvalue weighted by Crippen LogP contribution is -2.24. The zero-order valence-corrected chi connectivity index (χ0v) is 14.1. The first-order valence-electron chi connectivity index (χ1n) is 7.78. The van der Waals surface area contributed by atoms with Crippen molar-refractivity contribution in [1.29, 1.82) is 0 Å². The number of anilines is 1. The molecule has 4 nitrogen and oxygen atoms in total. The normalized spacial score (nSPS) is 10.6. The molecule has 0 aliphatic heterocycles. The lowest BCUT2D eigenvalue weighted by atomic mass is 10.1. The van der Waals surface area contributed by atoms with Crippen LogP contribution in [-0.2, 0) is 6.42 Å². The van der Waals surface area contributed by atoms with E-state index in [9.17, 15) is 4.79 Å². The zero-order valence-electron chi connectivity index (χ0n) is 13.4. The quantitative estimate of drug-likeness (QED) is 0.768. The minimum Gasteiger partial charge on any atom is -0.365 e. The molecule has 3 rings (SSSR count). The summed E-state index contributed by atoms with van der Waals surface area (Å²) in [7, 11) is 0. The number of nitrogens with zero attached hydrogens (tertiary/aromatic N) is 2. The average molecular weight is 340 g/mol. The van der Waals surface area contributed by atoms with E-state index in [2.05, 4.69) is 22.4 Å². The standard InChI is InChI=1S/C19H18ClN3O/c1-14-16(20)8-5-9-17(14)23-13-12-22-18(19(23)24)21-11-10-15-6-3-2-4-7-15/h2-9,12-13H,10-11H2,1H3,(H,21,22). The van der Waals surface area contributed by atoms with Gasteiger partial charge in [-0.05, 0) is 36.6 Å². The molecule has 1 heterocycles. The molecule has 2 aromatic carbocycles. The summed E-state index contributed by atoms with van der Waals surface area (Å²) in [5, 5.41) is 3.76. The van der Waals surface area contributed by atoms with E-state index in [0.29, 0.717) is 17.4 Å². The Balaban J connectivity index is 1.81. The van der Waals surface area contributed by atoms with Crippen LogP contribution in [0.15, 0.2) is 65.7 Å². The van der Waals surface area contributed by atoms with Gasteiger partial charge in [0, 0.05) is 24.0 Å². The fourth-order valence-electron chi connectivity index (χ4n) is 2.55. The summed E-state index contributed by atoms with van der Waals surface area (Å²) in [5.41, 5.74) is 2.66. The van der Waals surface area contributed by atoms with Crippen LogP contribution in [0.1, 0.15) is 11.1 Å². The van der Waals surface area contributed by atoms with Gasteiger partial charge in [-0.3, -0.25) is 9.36 Å². The fraction of sp³-hybridized carbons (Fsp3) is 0.158. The largest absolute Gasteiger partial charge is 0.365 e. The van der Waals surface area contributed by atoms with Gasteiger partial charge in [-0.1, -0.05) is 48.0 Å². The SMILES string of the molecule is Cc1c(Cl)cccc1-n1ccnc(NCCc2ccccc2)c1=O. The maximum atomic E-state index is 12.7. The number of hydrogen-bond donors (Lipinski definition) is 1. The van der Waals surface area contributed by atoms with Crippen molar-refractivity contribution in [3.05, 3.63) is 87.4 Å². The van der Waals surface area contributed by atoms with E-state index in [1.807, 2.05) is 43.3 Å². The zero-order chi connectivity index (χ0) is 16.9. The molecular weight excluding hydrogens is 322 g/mol. The van der Waals surface area contributed by atoms with Crippen LogP contribution in [0, 0.1) is 6.92 Å². The van der Waals surface area contributed by atoms with E-state index in [-0.39, 0.29) is 5.56 Å². The van der Waals surface area contributed by atoms with Crippen molar-refractivity contribution in [3.8, 4) is 5.69 Å². The van der Waals surface area contributed by atoms with Gasteiger partial charge in [-0.2, -0.15) is 0 Å². The van der Waals surface area contributed by atoms with Crippen LogP contribution in [0.3, 0.4) is 0 Å². The molecule has 0 fully saturated rings. The number of aromatic nitrogens is 2. The Morgan fingerprint density at radius 2 is 1.92 bits per heavy atom. The molecule has 0 bridgehead atoms. The van der Waals surface area contributed by atoms with Gasteiger partial charge in [0.15, 0.2) is 5.82 Å². The molecule has 0 aliphatic rings. The first kappa shape index (κ1) is 16.3. The molecule has 0 saturated carbocycles. The molecule has 1 N–H and O–H groups in total. The molecule has 0 unspecified atom stereocenters. The Hall–Kier alpha value is -2.59. The lowest BCUT2D eigenvalue weighted by molar-refractivity contribution is 0.926. The molecule has 3 aromatic rings. The highest BCUT2D eigenvalue weighted by Gasteiger charge is 2.09. The van der Waals surface area contributed by atoms with Gasteiger partial charge in [0.05, 0.1) is 5.69 Å². The highest BCUT2D eigenvalue weighted by molar-refractivity contribution is 6.31. The molecule has 0 atom stereocenters. The third kappa shape index (κ3) is 3.49. The second-order valence-corrected chi connectivity index (χ2v) is 5.90. The molecule has 0 spiro atoms. The van der Waals surface area contributed by atoms with Gasteiger partial charge in [0.1, 0.15) is 0 Å². The van der Waals surface area contributed by atoms with Gasteiger partial charge >= 0.3 is 0 Å². The molecule has 24 heavy (non-hydrogen) atoms. The first-order chi connectivity index (χ1) is 11.7. The predicted octanol–water partition coefficient (Wildman–Crippen LogP) is 3.85. The third-order valence-corrected chi connectivity index (χ3v) is 4.30. The van der Waals surface area contributed by atoms with Crippen LogP contribution in [0.25, 0.3) is 5.69 Å². The maximum Gasteiger partial charge on any atom is 0.297 e. The molecule has 122 valence electrons. The maximum absolute atomic E-state index is 12.7. The van der Waals surface area contributed by atoms with E-state index in [4.69, 9.17) is 11.6 Å². The Morgan fingerprint density at radius 3 is 2.71 bits per heavy atom. The second kappa shape index (κ2) is 7.32. The van der Waals surface area contributed by atoms with Crippen LogP contribution in [0.5, 0.6) is 0 Å². The first-order valence-corrected chi connectivity index (χ1v) is 8.15. The summed E-state index contributed by atoms with van der Waals surface area (Å²) in [4.78, 5) is 16.8. The molecule has 0 saturated heterocycles. The smallest absolute Gasteiger partial charge is 0.297 e. The Morgan fingerprint density at radius 1 is 1.12 bits per heavy atom. The second-order valence-electron chi connectivity index (χ2n) is 5.50. The highest BCUT2D eigenvalue weighted by Crippen LogP contribution is 2.21. The van der Waals surface area contributed by atoms with Crippen LogP contribution >= 0.6 is 11.6 Å². The molecule has 5 heteroatoms. The molecule has 0 aliphatic carbocycles. The Bertz CT molecular complexity index is 891. The van der Waals surface area contributed by atoms with Gasteiger partial charge in [-0.25, -0.2) is 4.98 Å². The number of nitrogens with one attached hydrogen (secondary N) is 1. The van der Waals surface area contributed by atoms with Gasteiger partial charge in [0.25, 0.3) is 5.56 Å². The van der Waals surface area contributed by atoms with Crippen LogP contribution in [-0.4, -0.2) is 16.1 Å². The van der Waals surface area contributed by atoms with Crippen LogP contribution in [0.2, 0.25) is 5.02 Å². The van der Waals surface area contributed by atoms with Crippen molar-refractivity contribution in [1.82, 2.24) is 9.55 Å². The summed E-state index contributed by atoms with van der Waals surface area (Å²) < 4.78 is 1.57. The monoisotopic (exact) mass is 339 g/mol. The van der Waals surface area contributed by atoms with E-state index >= 15 is 0 Å². The van der Waals surface area contributed by atoms with E-state index in [0.717, 1.165) is 17.7 Å². The van der Waals surface area contributed by atoms with Crippen molar-refractivity contribution in [3.63, 3.8) is 0 Å². The van der Waals surface area contributed by atoms with E-state index in [1.165, 1.54) is 5.56 Å². The van der Waals surface area contributed by atoms with E-state index < -0.39 is 0 Å². The lowest BCUT2D eigenvalue weighted by Gasteiger charge is -2.12. The Labute approximate surface area is 145 Å². The molecular formula is C19H18ClN3O. The fourth-order valence-corrected chi connectivity index (χ4v) is 2.72. The minimum absolute atomic E-state index is 0.184. The third-order valence-electron chi connectivity index (χ3n) is 3.89. The summed E-state index contributed by atoms with van der Waals surface area (Å²) in [6.07, 6.45) is 4.10. The molecule has 0 radical (unpaired) electrons. The topological polar surface area (TPSA) is 46.9 Å².